The fourth-order valence-electron chi connectivity index (χ4n) is 4.83. The number of carbonyl (C=O) groups is 1. The number of urea groups is 1. The van der Waals surface area contributed by atoms with Gasteiger partial charge in [0.15, 0.2) is 0 Å². The molecule has 2 amide bonds. The highest BCUT2D eigenvalue weighted by Gasteiger charge is 2.29. The molecule has 1 aromatic heterocycles. The van der Waals surface area contributed by atoms with Crippen molar-refractivity contribution >= 4 is 38.8 Å². The van der Waals surface area contributed by atoms with Gasteiger partial charge >= 0.3 is 6.03 Å². The van der Waals surface area contributed by atoms with Gasteiger partial charge in [-0.05, 0) is 61.3 Å². The summed E-state index contributed by atoms with van der Waals surface area (Å²) in [7, 11) is -3.77. The van der Waals surface area contributed by atoms with Gasteiger partial charge in [0.05, 0.1) is 15.3 Å². The SMILES string of the molecule is CCCCCCCCN1CCN(c2ccc(S(=O)(=O)Nc3ccc(CCNCC(O)c4cncs4)cc3)cc2)C1=O. The summed E-state index contributed by atoms with van der Waals surface area (Å²) in [4.78, 5) is 21.4. The first-order valence-corrected chi connectivity index (χ1v) is 16.8. The Labute approximate surface area is 247 Å². The number of nitrogens with zero attached hydrogens (tertiary/aromatic N) is 3. The number of hydrogen-bond acceptors (Lipinski definition) is 7. The van der Waals surface area contributed by atoms with Crippen molar-refractivity contribution in [1.82, 2.24) is 15.2 Å². The fourth-order valence-corrected chi connectivity index (χ4v) is 6.50. The summed E-state index contributed by atoms with van der Waals surface area (Å²) in [5.74, 6) is 0. The van der Waals surface area contributed by atoms with Gasteiger partial charge in [0.2, 0.25) is 0 Å². The van der Waals surface area contributed by atoms with Crippen molar-refractivity contribution in [1.29, 1.82) is 0 Å². The minimum Gasteiger partial charge on any atom is -0.386 e. The first-order chi connectivity index (χ1) is 19.9. The van der Waals surface area contributed by atoms with Crippen LogP contribution in [0.2, 0.25) is 0 Å². The number of aliphatic hydroxyl groups is 1. The zero-order valence-corrected chi connectivity index (χ0v) is 25.3. The average molecular weight is 600 g/mol. The number of anilines is 2. The number of aliphatic hydroxyl groups excluding tert-OH is 1. The normalized spacial score (nSPS) is 14.5. The lowest BCUT2D eigenvalue weighted by Gasteiger charge is -2.19. The summed E-state index contributed by atoms with van der Waals surface area (Å²) in [5, 5.41) is 13.4. The number of thiazole rings is 1. The Morgan fingerprint density at radius 2 is 1.73 bits per heavy atom. The second-order valence-corrected chi connectivity index (χ2v) is 13.0. The highest BCUT2D eigenvalue weighted by molar-refractivity contribution is 7.92. The second kappa shape index (κ2) is 15.3. The third-order valence-electron chi connectivity index (χ3n) is 7.25. The largest absolute Gasteiger partial charge is 0.386 e. The Morgan fingerprint density at radius 3 is 2.44 bits per heavy atom. The summed E-state index contributed by atoms with van der Waals surface area (Å²) < 4.78 is 28.6. The fraction of sp³-hybridized carbons (Fsp3) is 0.467. The minimum absolute atomic E-state index is 0.0152. The number of hydrogen-bond donors (Lipinski definition) is 3. The van der Waals surface area contributed by atoms with Crippen LogP contribution >= 0.6 is 11.3 Å². The van der Waals surface area contributed by atoms with Gasteiger partial charge in [-0.3, -0.25) is 14.6 Å². The molecule has 0 saturated carbocycles. The number of aromatic nitrogens is 1. The standard InChI is InChI=1S/C30H41N5O4S2/c1-2-3-4-5-6-7-18-34-19-20-35(30(34)37)26-12-14-27(15-13-26)41(38,39)33-25-10-8-24(9-11-25)16-17-31-21-28(36)29-22-32-23-40-29/h8-15,22-23,28,31,33,36H,2-7,16-21H2,1H3. The quantitative estimate of drug-likeness (QED) is 0.179. The van der Waals surface area contributed by atoms with Crippen LogP contribution in [0.4, 0.5) is 16.2 Å². The Morgan fingerprint density at radius 1 is 1.00 bits per heavy atom. The zero-order chi connectivity index (χ0) is 29.1. The number of carbonyl (C=O) groups excluding carboxylic acids is 1. The van der Waals surface area contributed by atoms with Crippen molar-refractivity contribution < 1.29 is 18.3 Å². The molecule has 0 bridgehead atoms. The van der Waals surface area contributed by atoms with Crippen molar-refractivity contribution in [3.05, 3.63) is 70.7 Å². The molecular weight excluding hydrogens is 558 g/mol. The summed E-state index contributed by atoms with van der Waals surface area (Å²) in [6, 6.07) is 13.7. The molecule has 41 heavy (non-hydrogen) atoms. The van der Waals surface area contributed by atoms with Crippen molar-refractivity contribution in [2.24, 2.45) is 0 Å². The van der Waals surface area contributed by atoms with E-state index in [0.29, 0.717) is 37.6 Å². The van der Waals surface area contributed by atoms with Gasteiger partial charge in [-0.1, -0.05) is 51.2 Å². The molecule has 4 rings (SSSR count). The van der Waals surface area contributed by atoms with Crippen LogP contribution in [0.15, 0.2) is 65.1 Å². The number of amides is 2. The molecule has 3 aromatic rings. The maximum Gasteiger partial charge on any atom is 0.324 e. The van der Waals surface area contributed by atoms with Crippen molar-refractivity contribution in [2.75, 3.05) is 42.3 Å². The highest BCUT2D eigenvalue weighted by atomic mass is 32.2. The molecule has 1 aliphatic heterocycles. The van der Waals surface area contributed by atoms with E-state index in [-0.39, 0.29) is 10.9 Å². The third kappa shape index (κ3) is 9.00. The Kier molecular flexibility index (Phi) is 11.6. The highest BCUT2D eigenvalue weighted by Crippen LogP contribution is 2.24. The molecular formula is C30H41N5O4S2. The van der Waals surface area contributed by atoms with Gasteiger partial charge in [0, 0.05) is 43.8 Å². The molecule has 1 aliphatic rings. The second-order valence-electron chi connectivity index (χ2n) is 10.4. The summed E-state index contributed by atoms with van der Waals surface area (Å²) in [5.41, 5.74) is 3.94. The van der Waals surface area contributed by atoms with E-state index in [9.17, 15) is 18.3 Å². The van der Waals surface area contributed by atoms with E-state index >= 15 is 0 Å². The predicted molar refractivity (Wildman–Crippen MR) is 165 cm³/mol. The van der Waals surface area contributed by atoms with Crippen LogP contribution in [0.1, 0.15) is 62.0 Å². The average Bonchev–Trinajstić information content (AvgIpc) is 3.64. The van der Waals surface area contributed by atoms with E-state index in [4.69, 9.17) is 0 Å². The molecule has 2 heterocycles. The molecule has 1 unspecified atom stereocenters. The topological polar surface area (TPSA) is 115 Å². The van der Waals surface area contributed by atoms with Gasteiger partial charge in [-0.2, -0.15) is 0 Å². The number of rotatable bonds is 17. The van der Waals surface area contributed by atoms with E-state index in [1.807, 2.05) is 17.0 Å². The molecule has 1 fully saturated rings. The van der Waals surface area contributed by atoms with Crippen LogP contribution in [0.3, 0.4) is 0 Å². The lowest BCUT2D eigenvalue weighted by Crippen LogP contribution is -2.32. The van der Waals surface area contributed by atoms with Crippen LogP contribution < -0.4 is 14.9 Å². The smallest absolute Gasteiger partial charge is 0.324 e. The van der Waals surface area contributed by atoms with Crippen molar-refractivity contribution in [3.63, 3.8) is 0 Å². The van der Waals surface area contributed by atoms with E-state index in [1.54, 1.807) is 53.0 Å². The molecule has 11 heteroatoms. The first-order valence-electron chi connectivity index (χ1n) is 14.4. The lowest BCUT2D eigenvalue weighted by atomic mass is 10.1. The van der Waals surface area contributed by atoms with E-state index < -0.39 is 16.1 Å². The predicted octanol–water partition coefficient (Wildman–Crippen LogP) is 5.41. The van der Waals surface area contributed by atoms with Crippen LogP contribution in [-0.4, -0.2) is 62.2 Å². The summed E-state index contributed by atoms with van der Waals surface area (Å²) in [6.45, 7) is 5.40. The molecule has 1 atom stereocenters. The Hall–Kier alpha value is -2.99. The molecule has 9 nitrogen and oxygen atoms in total. The van der Waals surface area contributed by atoms with Gasteiger partial charge in [0.25, 0.3) is 10.0 Å². The Balaban J connectivity index is 1.22. The molecule has 2 aromatic carbocycles. The van der Waals surface area contributed by atoms with Gasteiger partial charge in [0.1, 0.15) is 6.10 Å². The molecule has 0 spiro atoms. The molecule has 3 N–H and O–H groups in total. The Bertz CT molecular complexity index is 1320. The molecule has 222 valence electrons. The monoisotopic (exact) mass is 599 g/mol. The number of nitrogens with one attached hydrogen (secondary N) is 2. The van der Waals surface area contributed by atoms with Crippen LogP contribution in [0.25, 0.3) is 0 Å². The van der Waals surface area contributed by atoms with E-state index in [2.05, 4.69) is 21.9 Å². The van der Waals surface area contributed by atoms with Crippen LogP contribution in [0.5, 0.6) is 0 Å². The molecule has 1 saturated heterocycles. The molecule has 0 aliphatic carbocycles. The van der Waals surface area contributed by atoms with Gasteiger partial charge in [-0.25, -0.2) is 13.2 Å². The molecule has 0 radical (unpaired) electrons. The van der Waals surface area contributed by atoms with Gasteiger partial charge < -0.3 is 15.3 Å². The maximum absolute atomic E-state index is 13.0. The van der Waals surface area contributed by atoms with Crippen LogP contribution in [-0.2, 0) is 16.4 Å². The van der Waals surface area contributed by atoms with Crippen molar-refractivity contribution in [3.8, 4) is 0 Å². The third-order valence-corrected chi connectivity index (χ3v) is 9.52. The zero-order valence-electron chi connectivity index (χ0n) is 23.7. The summed E-state index contributed by atoms with van der Waals surface area (Å²) in [6.07, 6.45) is 8.96. The number of unbranched alkanes of at least 4 members (excludes halogenated alkanes) is 5. The number of sulfonamides is 1. The lowest BCUT2D eigenvalue weighted by molar-refractivity contribution is 0.178. The van der Waals surface area contributed by atoms with E-state index in [0.717, 1.165) is 36.2 Å². The van der Waals surface area contributed by atoms with E-state index in [1.165, 1.54) is 37.0 Å². The summed E-state index contributed by atoms with van der Waals surface area (Å²) >= 11 is 1.43. The maximum atomic E-state index is 13.0. The first kappa shape index (κ1) is 31.0. The van der Waals surface area contributed by atoms with Gasteiger partial charge in [-0.15, -0.1) is 11.3 Å². The number of benzene rings is 2. The minimum atomic E-state index is -3.77. The van der Waals surface area contributed by atoms with Crippen molar-refractivity contribution in [2.45, 2.75) is 62.9 Å². The van der Waals surface area contributed by atoms with Crippen LogP contribution in [0, 0.1) is 0 Å².